The van der Waals surface area contributed by atoms with Gasteiger partial charge in [0.15, 0.2) is 5.82 Å². The van der Waals surface area contributed by atoms with Crippen LogP contribution in [0.2, 0.25) is 0 Å². The van der Waals surface area contributed by atoms with Crippen molar-refractivity contribution in [2.75, 3.05) is 0 Å². The van der Waals surface area contributed by atoms with Crippen LogP contribution in [-0.4, -0.2) is 27.2 Å². The quantitative estimate of drug-likeness (QED) is 0.340. The lowest BCUT2D eigenvalue weighted by Crippen LogP contribution is -2.32. The van der Waals surface area contributed by atoms with Gasteiger partial charge in [-0.1, -0.05) is 44.2 Å². The molecular weight excluding hydrogens is 324 g/mol. The molecule has 9 heteroatoms. The molecule has 0 radical (unpaired) electrons. The lowest BCUT2D eigenvalue weighted by molar-refractivity contribution is 0.0943. The summed E-state index contributed by atoms with van der Waals surface area (Å²) < 4.78 is 5.23. The zero-order chi connectivity index (χ0) is 18.2. The van der Waals surface area contributed by atoms with Gasteiger partial charge in [-0.3, -0.25) is 10.2 Å². The molecule has 2 aromatic rings. The van der Waals surface area contributed by atoms with Crippen molar-refractivity contribution in [1.29, 1.82) is 0 Å². The Morgan fingerprint density at radius 1 is 1.24 bits per heavy atom. The van der Waals surface area contributed by atoms with E-state index in [4.69, 9.17) is 10.6 Å². The van der Waals surface area contributed by atoms with E-state index in [1.807, 2.05) is 49.6 Å². The first-order chi connectivity index (χ1) is 12.0. The Balaban J connectivity index is 2.00. The molecule has 25 heavy (non-hydrogen) atoms. The third-order valence-corrected chi connectivity index (χ3v) is 3.39. The number of benzene rings is 1. The first kappa shape index (κ1) is 18.4. The molecule has 0 saturated heterocycles. The normalized spacial score (nSPS) is 11.8. The largest absolute Gasteiger partial charge is 0.445 e. The van der Waals surface area contributed by atoms with Gasteiger partial charge in [0.25, 0.3) is 0 Å². The van der Waals surface area contributed by atoms with Crippen molar-refractivity contribution in [3.05, 3.63) is 47.5 Å². The van der Waals surface area contributed by atoms with Crippen LogP contribution in [0.1, 0.15) is 48.3 Å². The van der Waals surface area contributed by atoms with Gasteiger partial charge in [-0.05, 0) is 17.9 Å². The van der Waals surface area contributed by atoms with Gasteiger partial charge in [-0.25, -0.2) is 10.6 Å². The van der Waals surface area contributed by atoms with E-state index in [1.165, 1.54) is 0 Å². The molecule has 1 aromatic heterocycles. The average molecular weight is 346 g/mol. The Labute approximate surface area is 145 Å². The summed E-state index contributed by atoms with van der Waals surface area (Å²) in [4.78, 5) is 26.3. The third kappa shape index (κ3) is 5.57. The topological polar surface area (TPSA) is 135 Å². The summed E-state index contributed by atoms with van der Waals surface area (Å²) in [6.45, 7) is 4.18. The first-order valence-electron chi connectivity index (χ1n) is 7.90. The number of alkyl carbamates (subject to hydrolysis) is 1. The van der Waals surface area contributed by atoms with Crippen LogP contribution in [0.5, 0.6) is 0 Å². The molecule has 2 amide bonds. The predicted octanol–water partition coefficient (Wildman–Crippen LogP) is 1.42. The molecule has 9 nitrogen and oxygen atoms in total. The summed E-state index contributed by atoms with van der Waals surface area (Å²) in [6, 6.07) is 8.91. The number of nitrogens with zero attached hydrogens (tertiary/aromatic N) is 2. The molecule has 0 aliphatic carbocycles. The SMILES string of the molecule is CC(C)CC(NC(=O)OCc1ccccc1)c1nnc(C(=O)NN)[nH]1. The summed E-state index contributed by atoms with van der Waals surface area (Å²) in [5.41, 5.74) is 2.86. The van der Waals surface area contributed by atoms with Crippen LogP contribution in [0.25, 0.3) is 0 Å². The second-order valence-electron chi connectivity index (χ2n) is 5.92. The monoisotopic (exact) mass is 346 g/mol. The second kappa shape index (κ2) is 8.78. The van der Waals surface area contributed by atoms with Crippen molar-refractivity contribution in [3.63, 3.8) is 0 Å². The standard InChI is InChI=1S/C16H22N6O3/c1-10(2)8-12(13-19-14(22-21-13)15(23)20-17)18-16(24)25-9-11-6-4-3-5-7-11/h3-7,10,12H,8-9,17H2,1-2H3,(H,18,24)(H,20,23)(H,19,21,22). The highest BCUT2D eigenvalue weighted by molar-refractivity contribution is 5.89. The van der Waals surface area contributed by atoms with Gasteiger partial charge in [-0.15, -0.1) is 10.2 Å². The van der Waals surface area contributed by atoms with Crippen molar-refractivity contribution < 1.29 is 14.3 Å². The van der Waals surface area contributed by atoms with Crippen molar-refractivity contribution in [2.45, 2.75) is 32.9 Å². The van der Waals surface area contributed by atoms with Crippen molar-refractivity contribution in [3.8, 4) is 0 Å². The lowest BCUT2D eigenvalue weighted by Gasteiger charge is -2.18. The summed E-state index contributed by atoms with van der Waals surface area (Å²) >= 11 is 0. The minimum atomic E-state index is -0.589. The minimum Gasteiger partial charge on any atom is -0.445 e. The van der Waals surface area contributed by atoms with Crippen LogP contribution in [0.15, 0.2) is 30.3 Å². The van der Waals surface area contributed by atoms with E-state index in [0.29, 0.717) is 12.2 Å². The molecule has 0 spiro atoms. The number of aromatic nitrogens is 3. The fourth-order valence-corrected chi connectivity index (χ4v) is 2.22. The Hall–Kier alpha value is -2.94. The number of carbonyl (C=O) groups excluding carboxylic acids is 2. The van der Waals surface area contributed by atoms with Gasteiger partial charge in [0.05, 0.1) is 6.04 Å². The summed E-state index contributed by atoms with van der Waals surface area (Å²) in [5.74, 6) is 5.10. The van der Waals surface area contributed by atoms with Gasteiger partial charge in [0.1, 0.15) is 6.61 Å². The molecule has 1 heterocycles. The number of amides is 2. The molecule has 134 valence electrons. The molecule has 0 fully saturated rings. The third-order valence-electron chi connectivity index (χ3n) is 3.39. The highest BCUT2D eigenvalue weighted by Crippen LogP contribution is 2.18. The molecule has 0 aliphatic rings. The van der Waals surface area contributed by atoms with E-state index in [-0.39, 0.29) is 18.3 Å². The first-order valence-corrected chi connectivity index (χ1v) is 7.90. The number of carbonyl (C=O) groups is 2. The molecule has 5 N–H and O–H groups in total. The average Bonchev–Trinajstić information content (AvgIpc) is 3.09. The summed E-state index contributed by atoms with van der Waals surface area (Å²) in [7, 11) is 0. The Morgan fingerprint density at radius 2 is 1.96 bits per heavy atom. The second-order valence-corrected chi connectivity index (χ2v) is 5.92. The maximum Gasteiger partial charge on any atom is 0.408 e. The van der Waals surface area contributed by atoms with E-state index >= 15 is 0 Å². The number of hydrazine groups is 1. The van der Waals surface area contributed by atoms with Gasteiger partial charge in [0.2, 0.25) is 5.82 Å². The lowest BCUT2D eigenvalue weighted by atomic mass is 10.0. The summed E-state index contributed by atoms with van der Waals surface area (Å²) in [5, 5.41) is 10.4. The van der Waals surface area contributed by atoms with E-state index in [0.717, 1.165) is 5.56 Å². The number of rotatable bonds is 7. The number of nitrogens with two attached hydrogens (primary N) is 1. The molecule has 1 aromatic carbocycles. The van der Waals surface area contributed by atoms with Crippen LogP contribution in [0.4, 0.5) is 4.79 Å². The van der Waals surface area contributed by atoms with Crippen LogP contribution in [0.3, 0.4) is 0 Å². The number of H-pyrrole nitrogens is 1. The molecule has 2 rings (SSSR count). The Kier molecular flexibility index (Phi) is 6.47. The molecule has 0 aliphatic heterocycles. The smallest absolute Gasteiger partial charge is 0.408 e. The number of ether oxygens (including phenoxy) is 1. The van der Waals surface area contributed by atoms with Crippen LogP contribution >= 0.6 is 0 Å². The highest BCUT2D eigenvalue weighted by atomic mass is 16.5. The Bertz CT molecular complexity index is 701. The highest BCUT2D eigenvalue weighted by Gasteiger charge is 2.22. The molecule has 0 bridgehead atoms. The van der Waals surface area contributed by atoms with Crippen LogP contribution < -0.4 is 16.6 Å². The number of hydrogen-bond acceptors (Lipinski definition) is 6. The molecule has 1 unspecified atom stereocenters. The Morgan fingerprint density at radius 3 is 2.60 bits per heavy atom. The van der Waals surface area contributed by atoms with Crippen LogP contribution in [-0.2, 0) is 11.3 Å². The van der Waals surface area contributed by atoms with Crippen molar-refractivity contribution in [1.82, 2.24) is 25.9 Å². The van der Waals surface area contributed by atoms with E-state index in [1.54, 1.807) is 0 Å². The van der Waals surface area contributed by atoms with Crippen LogP contribution in [0, 0.1) is 5.92 Å². The zero-order valence-electron chi connectivity index (χ0n) is 14.2. The van der Waals surface area contributed by atoms with Gasteiger partial charge >= 0.3 is 12.0 Å². The van der Waals surface area contributed by atoms with Crippen molar-refractivity contribution >= 4 is 12.0 Å². The van der Waals surface area contributed by atoms with Gasteiger partial charge < -0.3 is 15.0 Å². The number of nitrogens with one attached hydrogen (secondary N) is 3. The fourth-order valence-electron chi connectivity index (χ4n) is 2.22. The molecular formula is C16H22N6O3. The van der Waals surface area contributed by atoms with E-state index in [9.17, 15) is 9.59 Å². The minimum absolute atomic E-state index is 0.0225. The van der Waals surface area contributed by atoms with Crippen molar-refractivity contribution in [2.24, 2.45) is 11.8 Å². The number of aromatic amines is 1. The summed E-state index contributed by atoms with van der Waals surface area (Å²) in [6.07, 6.45) is 0.0231. The fraction of sp³-hybridized carbons (Fsp3) is 0.375. The zero-order valence-corrected chi connectivity index (χ0v) is 14.2. The maximum absolute atomic E-state index is 12.1. The van der Waals surface area contributed by atoms with Gasteiger partial charge in [0, 0.05) is 0 Å². The molecule has 1 atom stereocenters. The molecule has 0 saturated carbocycles. The predicted molar refractivity (Wildman–Crippen MR) is 90.0 cm³/mol. The van der Waals surface area contributed by atoms with E-state index in [2.05, 4.69) is 20.5 Å². The maximum atomic E-state index is 12.1. The van der Waals surface area contributed by atoms with E-state index < -0.39 is 18.0 Å². The number of hydrogen-bond donors (Lipinski definition) is 4. The number of nitrogen functional groups attached to an aromatic ring is 1. The van der Waals surface area contributed by atoms with Gasteiger partial charge in [-0.2, -0.15) is 0 Å².